The monoisotopic (exact) mass is 427 g/mol. The second-order valence-electron chi connectivity index (χ2n) is 7.36. The number of amides is 2. The lowest BCUT2D eigenvalue weighted by Gasteiger charge is -2.47. The average molecular weight is 428 g/mol. The molecule has 1 N–H and O–H groups in total. The third kappa shape index (κ3) is 3.40. The maximum absolute atomic E-state index is 13.3. The summed E-state index contributed by atoms with van der Waals surface area (Å²) in [6.07, 6.45) is 8.74. The van der Waals surface area contributed by atoms with Gasteiger partial charge in [-0.3, -0.25) is 19.9 Å². The van der Waals surface area contributed by atoms with E-state index in [2.05, 4.69) is 0 Å². The van der Waals surface area contributed by atoms with Gasteiger partial charge in [-0.2, -0.15) is 0 Å². The number of hydrogen-bond acceptors (Lipinski definition) is 5. The van der Waals surface area contributed by atoms with E-state index >= 15 is 0 Å². The summed E-state index contributed by atoms with van der Waals surface area (Å²) in [5.74, 6) is -0.299. The Hall–Kier alpha value is -3.03. The molecule has 8 heteroatoms. The molecule has 2 aliphatic heterocycles. The summed E-state index contributed by atoms with van der Waals surface area (Å²) in [5, 5.41) is 10.8. The van der Waals surface area contributed by atoms with Gasteiger partial charge in [0.15, 0.2) is 0 Å². The lowest BCUT2D eigenvalue weighted by atomic mass is 9.85. The third-order valence-electron chi connectivity index (χ3n) is 5.62. The van der Waals surface area contributed by atoms with Gasteiger partial charge in [0, 0.05) is 36.9 Å². The highest BCUT2D eigenvalue weighted by Gasteiger charge is 2.55. The Bertz CT molecular complexity index is 998. The van der Waals surface area contributed by atoms with Crippen LogP contribution in [0.4, 0.5) is 0 Å². The first kappa shape index (κ1) is 20.3. The Morgan fingerprint density at radius 3 is 2.70 bits per heavy atom. The fourth-order valence-electron chi connectivity index (χ4n) is 4.27. The van der Waals surface area contributed by atoms with Crippen molar-refractivity contribution in [2.45, 2.75) is 18.5 Å². The zero-order chi connectivity index (χ0) is 21.3. The molecule has 2 aliphatic rings. The van der Waals surface area contributed by atoms with Crippen LogP contribution in [0.25, 0.3) is 0 Å². The van der Waals surface area contributed by atoms with Gasteiger partial charge in [0.05, 0.1) is 11.8 Å². The van der Waals surface area contributed by atoms with Gasteiger partial charge in [-0.1, -0.05) is 29.8 Å². The van der Waals surface area contributed by atoms with Crippen molar-refractivity contribution < 1.29 is 19.2 Å². The van der Waals surface area contributed by atoms with Gasteiger partial charge in [-0.05, 0) is 42.7 Å². The number of benzene rings is 1. The number of rotatable bonds is 4. The molecule has 0 saturated carbocycles. The highest BCUT2D eigenvalue weighted by molar-refractivity contribution is 6.30. The summed E-state index contributed by atoms with van der Waals surface area (Å²) < 4.78 is 5.10. The molecule has 2 fully saturated rings. The number of piperidine rings is 1. The maximum Gasteiger partial charge on any atom is 0.259 e. The molecule has 0 spiro atoms. The van der Waals surface area contributed by atoms with Crippen LogP contribution in [0.15, 0.2) is 71.2 Å². The van der Waals surface area contributed by atoms with Crippen molar-refractivity contribution in [3.63, 3.8) is 0 Å². The number of hydroxylamine groups is 2. The van der Waals surface area contributed by atoms with Crippen LogP contribution in [0, 0.1) is 0 Å². The van der Waals surface area contributed by atoms with E-state index in [1.54, 1.807) is 40.2 Å². The Balaban J connectivity index is 1.75. The van der Waals surface area contributed by atoms with Crippen molar-refractivity contribution in [3.05, 3.63) is 82.9 Å². The maximum atomic E-state index is 13.3. The summed E-state index contributed by atoms with van der Waals surface area (Å²) >= 11 is 6.09. The van der Waals surface area contributed by atoms with Gasteiger partial charge in [-0.15, -0.1) is 0 Å². The fourth-order valence-corrected chi connectivity index (χ4v) is 4.39. The van der Waals surface area contributed by atoms with Gasteiger partial charge < -0.3 is 14.2 Å². The van der Waals surface area contributed by atoms with Crippen LogP contribution < -0.4 is 0 Å². The van der Waals surface area contributed by atoms with Crippen LogP contribution in [0.5, 0.6) is 0 Å². The molecule has 7 nitrogen and oxygen atoms in total. The summed E-state index contributed by atoms with van der Waals surface area (Å²) in [6.45, 7) is 0.840. The average Bonchev–Trinajstić information content (AvgIpc) is 3.38. The van der Waals surface area contributed by atoms with E-state index in [4.69, 9.17) is 16.0 Å². The Labute approximate surface area is 179 Å². The highest BCUT2D eigenvalue weighted by Crippen LogP contribution is 2.46. The van der Waals surface area contributed by atoms with Crippen LogP contribution in [0.3, 0.4) is 0 Å². The predicted octanol–water partition coefficient (Wildman–Crippen LogP) is 3.63. The summed E-state index contributed by atoms with van der Waals surface area (Å²) in [6, 6.07) is 8.93. The summed E-state index contributed by atoms with van der Waals surface area (Å²) in [7, 11) is 1.49. The highest BCUT2D eigenvalue weighted by atomic mass is 35.5. The van der Waals surface area contributed by atoms with E-state index in [0.29, 0.717) is 42.1 Å². The smallest absolute Gasteiger partial charge is 0.259 e. The molecule has 156 valence electrons. The Kier molecular flexibility index (Phi) is 5.40. The number of allylic oxidation sites excluding steroid dienone is 2. The summed E-state index contributed by atoms with van der Waals surface area (Å²) in [4.78, 5) is 30.2. The van der Waals surface area contributed by atoms with Gasteiger partial charge in [0.2, 0.25) is 0 Å². The van der Waals surface area contributed by atoms with Gasteiger partial charge in [-0.25, -0.2) is 0 Å². The molecular weight excluding hydrogens is 406 g/mol. The van der Waals surface area contributed by atoms with E-state index in [0.717, 1.165) is 10.6 Å². The number of fused-ring (bicyclic) bond motifs is 1. The second-order valence-corrected chi connectivity index (χ2v) is 7.79. The first-order valence-corrected chi connectivity index (χ1v) is 10.0. The molecule has 30 heavy (non-hydrogen) atoms. The molecule has 0 bridgehead atoms. The van der Waals surface area contributed by atoms with Crippen molar-refractivity contribution in [2.24, 2.45) is 0 Å². The van der Waals surface area contributed by atoms with Gasteiger partial charge in [0.1, 0.15) is 11.9 Å². The number of furan rings is 1. The Morgan fingerprint density at radius 2 is 2.03 bits per heavy atom. The number of nitrogens with zero attached hydrogens (tertiary/aromatic N) is 3. The molecule has 2 amide bonds. The van der Waals surface area contributed by atoms with Crippen molar-refractivity contribution in [1.29, 1.82) is 0 Å². The topological polar surface area (TPSA) is 77.2 Å². The van der Waals surface area contributed by atoms with Crippen LogP contribution in [-0.2, 0) is 10.5 Å². The minimum atomic E-state index is -0.884. The quantitative estimate of drug-likeness (QED) is 0.595. The third-order valence-corrected chi connectivity index (χ3v) is 5.87. The first-order chi connectivity index (χ1) is 14.4. The Morgan fingerprint density at radius 1 is 1.27 bits per heavy atom. The number of halogens is 1. The zero-order valence-electron chi connectivity index (χ0n) is 16.5. The lowest BCUT2D eigenvalue weighted by Crippen LogP contribution is -2.57. The number of hydrogen-bond donors (Lipinski definition) is 1. The first-order valence-electron chi connectivity index (χ1n) is 9.65. The van der Waals surface area contributed by atoms with E-state index < -0.39 is 5.66 Å². The van der Waals surface area contributed by atoms with Gasteiger partial charge >= 0.3 is 0 Å². The molecular formula is C22H22ClN3O4. The standard InChI is InChI=1S/C22H22ClN3O4/c1-24(29)11-2-3-16-8-10-22(18-4-6-19(23)7-5-18)25(20(16)27)12-13-26(22)21(28)17-9-14-30-15-17/h2-7,9,11,14-15,29H,8,10,12-13H2,1H3/b11-2-,16-3+. The molecule has 1 unspecified atom stereocenters. The summed E-state index contributed by atoms with van der Waals surface area (Å²) in [5.41, 5.74) is 1.05. The zero-order valence-corrected chi connectivity index (χ0v) is 17.2. The molecule has 4 rings (SSSR count). The lowest BCUT2D eigenvalue weighted by molar-refractivity contribution is -0.138. The molecule has 1 aromatic carbocycles. The van der Waals surface area contributed by atoms with Crippen molar-refractivity contribution in [3.8, 4) is 0 Å². The normalized spacial score (nSPS) is 22.8. The van der Waals surface area contributed by atoms with Crippen LogP contribution >= 0.6 is 11.6 Å². The fraction of sp³-hybridized carbons (Fsp3) is 0.273. The molecule has 2 saturated heterocycles. The minimum absolute atomic E-state index is 0.121. The number of carbonyl (C=O) groups excluding carboxylic acids is 2. The van der Waals surface area contributed by atoms with Crippen LogP contribution in [0.1, 0.15) is 28.8 Å². The number of carbonyl (C=O) groups is 2. The minimum Gasteiger partial charge on any atom is -0.472 e. The molecule has 0 aliphatic carbocycles. The second kappa shape index (κ2) is 8.01. The molecule has 2 aromatic rings. The molecule has 0 radical (unpaired) electrons. The van der Waals surface area contributed by atoms with Crippen molar-refractivity contribution >= 4 is 23.4 Å². The van der Waals surface area contributed by atoms with E-state index in [1.165, 1.54) is 25.8 Å². The van der Waals surface area contributed by atoms with E-state index in [1.807, 2.05) is 12.1 Å². The van der Waals surface area contributed by atoms with E-state index in [9.17, 15) is 14.8 Å². The van der Waals surface area contributed by atoms with Gasteiger partial charge in [0.25, 0.3) is 11.8 Å². The molecule has 1 aromatic heterocycles. The van der Waals surface area contributed by atoms with E-state index in [-0.39, 0.29) is 11.8 Å². The van der Waals surface area contributed by atoms with Crippen LogP contribution in [0.2, 0.25) is 5.02 Å². The van der Waals surface area contributed by atoms with Crippen molar-refractivity contribution in [2.75, 3.05) is 20.1 Å². The van der Waals surface area contributed by atoms with Crippen molar-refractivity contribution in [1.82, 2.24) is 14.9 Å². The largest absolute Gasteiger partial charge is 0.472 e. The molecule has 1 atom stereocenters. The van der Waals surface area contributed by atoms with Crippen LogP contribution in [-0.4, -0.2) is 52.0 Å². The SMILES string of the molecule is CN(O)/C=C\C=C1/CCC2(c3ccc(Cl)cc3)N(CCN2C(=O)c2ccoc2)C1=O. The molecule has 3 heterocycles. The predicted molar refractivity (Wildman–Crippen MR) is 111 cm³/mol.